The number of amides is 1. The Labute approximate surface area is 95.5 Å². The summed E-state index contributed by atoms with van der Waals surface area (Å²) in [6.45, 7) is 2.10. The van der Waals surface area contributed by atoms with E-state index in [-0.39, 0.29) is 30.4 Å². The number of hydrogen-bond donors (Lipinski definition) is 2. The van der Waals surface area contributed by atoms with Gasteiger partial charge in [0, 0.05) is 5.92 Å². The zero-order chi connectivity index (χ0) is 11.5. The van der Waals surface area contributed by atoms with Crippen molar-refractivity contribution in [1.82, 2.24) is 5.32 Å². The third-order valence-corrected chi connectivity index (χ3v) is 3.37. The number of aliphatic hydroxyl groups is 1. The van der Waals surface area contributed by atoms with Crippen LogP contribution < -0.4 is 5.32 Å². The van der Waals surface area contributed by atoms with Crippen molar-refractivity contribution in [3.63, 3.8) is 0 Å². The molecule has 1 aliphatic rings. The lowest BCUT2D eigenvalue weighted by Gasteiger charge is -2.17. The maximum absolute atomic E-state index is 11.7. The summed E-state index contributed by atoms with van der Waals surface area (Å²) in [5.74, 6) is 0.257. The van der Waals surface area contributed by atoms with Gasteiger partial charge in [-0.1, -0.05) is 37.3 Å². The van der Waals surface area contributed by atoms with Crippen LogP contribution in [0.3, 0.4) is 0 Å². The zero-order valence-electron chi connectivity index (χ0n) is 9.39. The smallest absolute Gasteiger partial charge is 0.224 e. The second-order valence-electron chi connectivity index (χ2n) is 4.43. The minimum absolute atomic E-state index is 0.0143. The molecule has 1 fully saturated rings. The Morgan fingerprint density at radius 1 is 1.44 bits per heavy atom. The van der Waals surface area contributed by atoms with Gasteiger partial charge in [0.05, 0.1) is 12.6 Å². The molecular weight excluding hydrogens is 202 g/mol. The molecule has 3 nitrogen and oxygen atoms in total. The van der Waals surface area contributed by atoms with Crippen molar-refractivity contribution in [2.75, 3.05) is 6.61 Å². The minimum atomic E-state index is -0.0661. The Morgan fingerprint density at radius 2 is 2.12 bits per heavy atom. The molecule has 1 saturated heterocycles. The second kappa shape index (κ2) is 4.66. The van der Waals surface area contributed by atoms with Gasteiger partial charge in [-0.25, -0.2) is 0 Å². The number of hydrogen-bond acceptors (Lipinski definition) is 2. The van der Waals surface area contributed by atoms with Crippen molar-refractivity contribution < 1.29 is 9.90 Å². The average molecular weight is 219 g/mol. The van der Waals surface area contributed by atoms with Gasteiger partial charge in [-0.15, -0.1) is 0 Å². The zero-order valence-corrected chi connectivity index (χ0v) is 9.39. The number of aliphatic hydroxyl groups excluding tert-OH is 1. The van der Waals surface area contributed by atoms with E-state index in [1.807, 2.05) is 30.3 Å². The summed E-state index contributed by atoms with van der Waals surface area (Å²) in [7, 11) is 0. The molecule has 0 aromatic heterocycles. The highest BCUT2D eigenvalue weighted by molar-refractivity contribution is 5.82. The minimum Gasteiger partial charge on any atom is -0.394 e. The lowest BCUT2D eigenvalue weighted by molar-refractivity contribution is -0.123. The molecule has 1 aliphatic heterocycles. The average Bonchev–Trinajstić information content (AvgIpc) is 2.71. The van der Waals surface area contributed by atoms with Crippen molar-refractivity contribution in [3.8, 4) is 0 Å². The Bertz CT molecular complexity index is 363. The van der Waals surface area contributed by atoms with Gasteiger partial charge in [0.25, 0.3) is 0 Å². The van der Waals surface area contributed by atoms with Crippen LogP contribution in [-0.4, -0.2) is 23.7 Å². The maximum Gasteiger partial charge on any atom is 0.224 e. The van der Waals surface area contributed by atoms with Crippen LogP contribution >= 0.6 is 0 Å². The Hall–Kier alpha value is -1.35. The van der Waals surface area contributed by atoms with E-state index in [2.05, 4.69) is 12.2 Å². The van der Waals surface area contributed by atoms with Gasteiger partial charge < -0.3 is 10.4 Å². The normalized spacial score (nSPS) is 26.5. The quantitative estimate of drug-likeness (QED) is 0.804. The highest BCUT2D eigenvalue weighted by Crippen LogP contribution is 2.31. The summed E-state index contributed by atoms with van der Waals surface area (Å²) in [6.07, 6.45) is 0.728. The van der Waals surface area contributed by atoms with E-state index in [0.717, 1.165) is 6.42 Å². The molecule has 1 amide bonds. The molecule has 0 spiro atoms. The molecule has 3 heteroatoms. The Kier molecular flexibility index (Phi) is 3.25. The molecule has 16 heavy (non-hydrogen) atoms. The molecule has 1 aromatic rings. The van der Waals surface area contributed by atoms with Crippen LogP contribution in [0.15, 0.2) is 30.3 Å². The van der Waals surface area contributed by atoms with E-state index < -0.39 is 0 Å². The topological polar surface area (TPSA) is 49.3 Å². The molecular formula is C13H17NO2. The lowest BCUT2D eigenvalue weighted by Crippen LogP contribution is -2.29. The third-order valence-electron chi connectivity index (χ3n) is 3.37. The van der Waals surface area contributed by atoms with Crippen LogP contribution in [-0.2, 0) is 4.79 Å². The fraction of sp³-hybridized carbons (Fsp3) is 0.462. The monoisotopic (exact) mass is 219 g/mol. The molecule has 0 bridgehead atoms. The largest absolute Gasteiger partial charge is 0.394 e. The van der Waals surface area contributed by atoms with Crippen LogP contribution in [0.25, 0.3) is 0 Å². The number of carbonyl (C=O) groups is 1. The first-order valence-corrected chi connectivity index (χ1v) is 5.68. The number of carbonyl (C=O) groups excluding carboxylic acids is 1. The Morgan fingerprint density at radius 3 is 2.69 bits per heavy atom. The van der Waals surface area contributed by atoms with Crippen molar-refractivity contribution >= 4 is 5.91 Å². The first-order valence-electron chi connectivity index (χ1n) is 5.68. The predicted molar refractivity (Wildman–Crippen MR) is 62.0 cm³/mol. The van der Waals surface area contributed by atoms with Gasteiger partial charge in [-0.05, 0) is 17.9 Å². The maximum atomic E-state index is 11.7. The highest BCUT2D eigenvalue weighted by atomic mass is 16.3. The van der Waals surface area contributed by atoms with Crippen molar-refractivity contribution in [2.24, 2.45) is 5.92 Å². The van der Waals surface area contributed by atoms with Crippen LogP contribution in [0, 0.1) is 5.92 Å². The number of nitrogens with one attached hydrogen (secondary N) is 1. The van der Waals surface area contributed by atoms with Crippen LogP contribution in [0.5, 0.6) is 0 Å². The van der Waals surface area contributed by atoms with E-state index in [1.165, 1.54) is 5.56 Å². The summed E-state index contributed by atoms with van der Waals surface area (Å²) in [5, 5.41) is 11.9. The number of rotatable bonds is 3. The van der Waals surface area contributed by atoms with Gasteiger partial charge >= 0.3 is 0 Å². The van der Waals surface area contributed by atoms with E-state index in [9.17, 15) is 4.79 Å². The first kappa shape index (κ1) is 11.1. The molecule has 1 aromatic carbocycles. The second-order valence-corrected chi connectivity index (χ2v) is 4.43. The van der Waals surface area contributed by atoms with E-state index >= 15 is 0 Å². The first-order chi connectivity index (χ1) is 7.72. The standard InChI is InChI=1S/C13H17NO2/c1-9(10-5-3-2-4-6-10)12-7-11(8-15)14-13(12)16/h2-6,9,11-12,15H,7-8H2,1H3,(H,14,16)/t9-,11-,12+/m0/s1. The molecule has 2 rings (SSSR count). The molecule has 1 heterocycles. The van der Waals surface area contributed by atoms with E-state index in [1.54, 1.807) is 0 Å². The van der Waals surface area contributed by atoms with Crippen molar-refractivity contribution in [3.05, 3.63) is 35.9 Å². The van der Waals surface area contributed by atoms with Gasteiger partial charge in [0.2, 0.25) is 5.91 Å². The summed E-state index contributed by atoms with van der Waals surface area (Å²) in [5.41, 5.74) is 1.18. The fourth-order valence-corrected chi connectivity index (χ4v) is 2.32. The molecule has 86 valence electrons. The molecule has 3 atom stereocenters. The number of benzene rings is 1. The molecule has 0 aliphatic carbocycles. The van der Waals surface area contributed by atoms with Crippen molar-refractivity contribution in [2.45, 2.75) is 25.3 Å². The summed E-state index contributed by atoms with van der Waals surface area (Å²) in [6, 6.07) is 9.98. The lowest BCUT2D eigenvalue weighted by atomic mass is 9.85. The Balaban J connectivity index is 2.11. The summed E-state index contributed by atoms with van der Waals surface area (Å²) >= 11 is 0. The fourth-order valence-electron chi connectivity index (χ4n) is 2.32. The van der Waals surface area contributed by atoms with Gasteiger partial charge in [-0.3, -0.25) is 4.79 Å². The summed E-state index contributed by atoms with van der Waals surface area (Å²) in [4.78, 5) is 11.7. The van der Waals surface area contributed by atoms with E-state index in [0.29, 0.717) is 0 Å². The van der Waals surface area contributed by atoms with Crippen molar-refractivity contribution in [1.29, 1.82) is 0 Å². The van der Waals surface area contributed by atoms with E-state index in [4.69, 9.17) is 5.11 Å². The molecule has 0 saturated carbocycles. The SMILES string of the molecule is C[C@@H](c1ccccc1)[C@H]1C[C@@H](CO)NC1=O. The molecule has 0 radical (unpaired) electrons. The summed E-state index contributed by atoms with van der Waals surface area (Å²) < 4.78 is 0. The molecule has 2 N–H and O–H groups in total. The van der Waals surface area contributed by atoms with Crippen LogP contribution in [0.2, 0.25) is 0 Å². The van der Waals surface area contributed by atoms with Crippen LogP contribution in [0.1, 0.15) is 24.8 Å². The van der Waals surface area contributed by atoms with Gasteiger partial charge in [-0.2, -0.15) is 0 Å². The van der Waals surface area contributed by atoms with Crippen LogP contribution in [0.4, 0.5) is 0 Å². The van der Waals surface area contributed by atoms with Gasteiger partial charge in [0.1, 0.15) is 0 Å². The predicted octanol–water partition coefficient (Wildman–Crippen LogP) is 1.29. The highest BCUT2D eigenvalue weighted by Gasteiger charge is 2.35. The van der Waals surface area contributed by atoms with Gasteiger partial charge in [0.15, 0.2) is 0 Å². The molecule has 0 unspecified atom stereocenters. The third kappa shape index (κ3) is 2.09.